The predicted octanol–water partition coefficient (Wildman–Crippen LogP) is 1.50. The number of hydrogen-bond donors (Lipinski definition) is 2. The van der Waals surface area contributed by atoms with Crippen LogP contribution in [0.3, 0.4) is 0 Å². The van der Waals surface area contributed by atoms with Crippen molar-refractivity contribution in [2.24, 2.45) is 0 Å². The van der Waals surface area contributed by atoms with Gasteiger partial charge in [0.2, 0.25) is 5.95 Å². The van der Waals surface area contributed by atoms with E-state index in [2.05, 4.69) is 20.5 Å². The summed E-state index contributed by atoms with van der Waals surface area (Å²) in [4.78, 5) is 15.5. The summed E-state index contributed by atoms with van der Waals surface area (Å²) in [5.74, 6) is -0.643. The van der Waals surface area contributed by atoms with Gasteiger partial charge in [-0.05, 0) is 24.6 Å². The molecule has 1 amide bonds. The number of halogens is 1. The van der Waals surface area contributed by atoms with Crippen LogP contribution in [0.2, 0.25) is 0 Å². The molecule has 5 nitrogen and oxygen atoms in total. The molecule has 1 aromatic carbocycles. The molecule has 1 aromatic heterocycles. The van der Waals surface area contributed by atoms with Crippen LogP contribution < -0.4 is 5.32 Å². The molecule has 82 valence electrons. The summed E-state index contributed by atoms with van der Waals surface area (Å²) in [6.07, 6.45) is 1.27. The average Bonchev–Trinajstić information content (AvgIpc) is 2.74. The minimum atomic E-state index is -0.451. The van der Waals surface area contributed by atoms with Crippen molar-refractivity contribution in [3.63, 3.8) is 0 Å². The van der Waals surface area contributed by atoms with Crippen LogP contribution in [0.15, 0.2) is 24.5 Å². The number of carbonyl (C=O) groups excluding carboxylic acids is 1. The lowest BCUT2D eigenvalue weighted by Gasteiger charge is -2.04. The van der Waals surface area contributed by atoms with E-state index in [0.29, 0.717) is 5.56 Å². The van der Waals surface area contributed by atoms with Gasteiger partial charge in [0.25, 0.3) is 5.91 Å². The molecule has 0 aliphatic carbocycles. The van der Waals surface area contributed by atoms with Gasteiger partial charge < -0.3 is 0 Å². The molecular formula is C10H9FN4O. The fourth-order valence-electron chi connectivity index (χ4n) is 1.28. The third kappa shape index (κ3) is 2.05. The molecule has 2 aromatic rings. The maximum atomic E-state index is 13.0. The van der Waals surface area contributed by atoms with E-state index in [-0.39, 0.29) is 11.5 Å². The molecule has 16 heavy (non-hydrogen) atoms. The van der Waals surface area contributed by atoms with Gasteiger partial charge in [0.1, 0.15) is 12.1 Å². The number of H-pyrrole nitrogens is 1. The minimum Gasteiger partial charge on any atom is -0.291 e. The van der Waals surface area contributed by atoms with E-state index >= 15 is 0 Å². The van der Waals surface area contributed by atoms with Gasteiger partial charge in [-0.3, -0.25) is 10.1 Å². The number of benzene rings is 1. The molecule has 0 radical (unpaired) electrons. The lowest BCUT2D eigenvalue weighted by atomic mass is 10.1. The largest absolute Gasteiger partial charge is 0.291 e. The van der Waals surface area contributed by atoms with E-state index in [1.54, 1.807) is 13.0 Å². The van der Waals surface area contributed by atoms with E-state index in [1.807, 2.05) is 0 Å². The first-order valence-electron chi connectivity index (χ1n) is 4.59. The number of nitrogens with one attached hydrogen (secondary N) is 2. The molecule has 0 atom stereocenters. The monoisotopic (exact) mass is 220 g/mol. The van der Waals surface area contributed by atoms with Gasteiger partial charge in [0, 0.05) is 5.56 Å². The third-order valence-corrected chi connectivity index (χ3v) is 2.09. The van der Waals surface area contributed by atoms with Crippen LogP contribution in [0.5, 0.6) is 0 Å². The maximum Gasteiger partial charge on any atom is 0.258 e. The highest BCUT2D eigenvalue weighted by Gasteiger charge is 2.11. The summed E-state index contributed by atoms with van der Waals surface area (Å²) in [6.45, 7) is 1.73. The number of carbonyl (C=O) groups is 1. The molecular weight excluding hydrogens is 211 g/mol. The molecule has 0 unspecified atom stereocenters. The van der Waals surface area contributed by atoms with Crippen molar-refractivity contribution in [3.8, 4) is 0 Å². The standard InChI is InChI=1S/C10H9FN4O/c1-6-2-3-7(11)4-8(6)9(16)14-10-12-5-13-15-10/h2-5H,1H3,(H2,12,13,14,15,16). The van der Waals surface area contributed by atoms with Gasteiger partial charge >= 0.3 is 0 Å². The zero-order valence-corrected chi connectivity index (χ0v) is 8.49. The molecule has 0 fully saturated rings. The predicted molar refractivity (Wildman–Crippen MR) is 55.5 cm³/mol. The first kappa shape index (κ1) is 10.3. The van der Waals surface area contributed by atoms with Crippen molar-refractivity contribution >= 4 is 11.9 Å². The van der Waals surface area contributed by atoms with Crippen LogP contribution >= 0.6 is 0 Å². The van der Waals surface area contributed by atoms with Gasteiger partial charge in [0.15, 0.2) is 0 Å². The van der Waals surface area contributed by atoms with E-state index < -0.39 is 11.7 Å². The number of aryl methyl sites for hydroxylation is 1. The van der Waals surface area contributed by atoms with Crippen LogP contribution in [0, 0.1) is 12.7 Å². The summed E-state index contributed by atoms with van der Waals surface area (Å²) >= 11 is 0. The van der Waals surface area contributed by atoms with E-state index in [4.69, 9.17) is 0 Å². The van der Waals surface area contributed by atoms with E-state index in [0.717, 1.165) is 0 Å². The van der Waals surface area contributed by atoms with Crippen molar-refractivity contribution in [2.75, 3.05) is 5.32 Å². The van der Waals surface area contributed by atoms with Gasteiger partial charge in [-0.25, -0.2) is 9.49 Å². The van der Waals surface area contributed by atoms with Crippen LogP contribution in [-0.2, 0) is 0 Å². The second-order valence-corrected chi connectivity index (χ2v) is 3.25. The Balaban J connectivity index is 2.24. The Labute approximate surface area is 90.7 Å². The Morgan fingerprint density at radius 1 is 1.50 bits per heavy atom. The third-order valence-electron chi connectivity index (χ3n) is 2.09. The summed E-state index contributed by atoms with van der Waals surface area (Å²) < 4.78 is 13.0. The normalized spacial score (nSPS) is 10.1. The second kappa shape index (κ2) is 4.09. The summed E-state index contributed by atoms with van der Waals surface area (Å²) in [5, 5.41) is 8.54. The molecule has 0 aliphatic rings. The Hall–Kier alpha value is -2.24. The zero-order valence-electron chi connectivity index (χ0n) is 8.49. The van der Waals surface area contributed by atoms with Gasteiger partial charge in [-0.15, -0.1) is 0 Å². The average molecular weight is 220 g/mol. The Morgan fingerprint density at radius 2 is 2.31 bits per heavy atom. The van der Waals surface area contributed by atoms with Gasteiger partial charge in [-0.1, -0.05) is 6.07 Å². The molecule has 0 spiro atoms. The highest BCUT2D eigenvalue weighted by atomic mass is 19.1. The lowest BCUT2D eigenvalue weighted by molar-refractivity contribution is 0.102. The maximum absolute atomic E-state index is 13.0. The second-order valence-electron chi connectivity index (χ2n) is 3.25. The number of nitrogens with zero attached hydrogens (tertiary/aromatic N) is 2. The highest BCUT2D eigenvalue weighted by molar-refractivity contribution is 6.04. The number of hydrogen-bond acceptors (Lipinski definition) is 3. The molecule has 0 aliphatic heterocycles. The zero-order chi connectivity index (χ0) is 11.5. The number of amides is 1. The number of rotatable bonds is 2. The SMILES string of the molecule is Cc1ccc(F)cc1C(=O)Nc1ncn[nH]1. The molecule has 1 heterocycles. The van der Waals surface area contributed by atoms with Crippen LogP contribution in [-0.4, -0.2) is 21.1 Å². The Bertz CT molecular complexity index is 510. The molecule has 0 saturated heterocycles. The van der Waals surface area contributed by atoms with Crippen molar-refractivity contribution < 1.29 is 9.18 Å². The highest BCUT2D eigenvalue weighted by Crippen LogP contribution is 2.11. The fourth-order valence-corrected chi connectivity index (χ4v) is 1.28. The van der Waals surface area contributed by atoms with Crippen molar-refractivity contribution in [2.45, 2.75) is 6.92 Å². The molecule has 0 saturated carbocycles. The Kier molecular flexibility index (Phi) is 2.63. The Morgan fingerprint density at radius 3 is 3.00 bits per heavy atom. The first-order chi connectivity index (χ1) is 7.66. The van der Waals surface area contributed by atoms with Crippen molar-refractivity contribution in [3.05, 3.63) is 41.5 Å². The van der Waals surface area contributed by atoms with Gasteiger partial charge in [0.05, 0.1) is 0 Å². The molecule has 0 bridgehead atoms. The van der Waals surface area contributed by atoms with Crippen LogP contribution in [0.25, 0.3) is 0 Å². The van der Waals surface area contributed by atoms with Crippen LogP contribution in [0.4, 0.5) is 10.3 Å². The summed E-state index contributed by atoms with van der Waals surface area (Å²) in [6, 6.07) is 4.03. The summed E-state index contributed by atoms with van der Waals surface area (Å²) in [7, 11) is 0. The van der Waals surface area contributed by atoms with Crippen molar-refractivity contribution in [1.29, 1.82) is 0 Å². The van der Waals surface area contributed by atoms with Crippen molar-refractivity contribution in [1.82, 2.24) is 15.2 Å². The van der Waals surface area contributed by atoms with Crippen LogP contribution in [0.1, 0.15) is 15.9 Å². The molecule has 6 heteroatoms. The lowest BCUT2D eigenvalue weighted by Crippen LogP contribution is -2.14. The fraction of sp³-hybridized carbons (Fsp3) is 0.100. The number of anilines is 1. The van der Waals surface area contributed by atoms with E-state index in [9.17, 15) is 9.18 Å². The quantitative estimate of drug-likeness (QED) is 0.805. The number of aromatic nitrogens is 3. The number of aromatic amines is 1. The van der Waals surface area contributed by atoms with Gasteiger partial charge in [-0.2, -0.15) is 10.1 Å². The molecule has 2 rings (SSSR count). The first-order valence-corrected chi connectivity index (χ1v) is 4.59. The smallest absolute Gasteiger partial charge is 0.258 e. The van der Waals surface area contributed by atoms with E-state index in [1.165, 1.54) is 18.5 Å². The minimum absolute atomic E-state index is 0.230. The molecule has 2 N–H and O–H groups in total. The topological polar surface area (TPSA) is 70.7 Å². The summed E-state index contributed by atoms with van der Waals surface area (Å²) in [5.41, 5.74) is 0.967.